The van der Waals surface area contributed by atoms with Gasteiger partial charge >= 0.3 is 6.09 Å². The highest BCUT2D eigenvalue weighted by molar-refractivity contribution is 5.88. The molecule has 0 radical (unpaired) electrons. The maximum Gasteiger partial charge on any atom is 0.407 e. The molecule has 7 heteroatoms. The van der Waals surface area contributed by atoms with Crippen LogP contribution < -0.4 is 16.4 Å². The van der Waals surface area contributed by atoms with Crippen LogP contribution in [0.2, 0.25) is 0 Å². The van der Waals surface area contributed by atoms with E-state index in [0.717, 1.165) is 5.56 Å². The molecule has 0 fully saturated rings. The highest BCUT2D eigenvalue weighted by atomic mass is 16.5. The van der Waals surface area contributed by atoms with E-state index in [2.05, 4.69) is 17.2 Å². The first-order valence-electron chi connectivity index (χ1n) is 7.17. The van der Waals surface area contributed by atoms with E-state index in [-0.39, 0.29) is 13.2 Å². The van der Waals surface area contributed by atoms with E-state index in [4.69, 9.17) is 10.5 Å². The fourth-order valence-electron chi connectivity index (χ4n) is 1.74. The first-order chi connectivity index (χ1) is 11.0. The Hall–Kier alpha value is -2.83. The maximum absolute atomic E-state index is 11.7. The Morgan fingerprint density at radius 3 is 2.57 bits per heavy atom. The number of carbonyl (C=O) groups excluding carboxylic acids is 3. The van der Waals surface area contributed by atoms with Crippen molar-refractivity contribution in [3.63, 3.8) is 0 Å². The van der Waals surface area contributed by atoms with Gasteiger partial charge in [0.25, 0.3) is 0 Å². The van der Waals surface area contributed by atoms with Crippen molar-refractivity contribution in [3.8, 4) is 0 Å². The largest absolute Gasteiger partial charge is 0.445 e. The fraction of sp³-hybridized carbons (Fsp3) is 0.312. The normalized spacial score (nSPS) is 11.1. The number of ether oxygens (including phenoxy) is 1. The second kappa shape index (κ2) is 9.99. The Bertz CT molecular complexity index is 546. The predicted molar refractivity (Wildman–Crippen MR) is 85.2 cm³/mol. The van der Waals surface area contributed by atoms with Crippen LogP contribution >= 0.6 is 0 Å². The highest BCUT2D eigenvalue weighted by Gasteiger charge is 2.17. The number of amides is 3. The van der Waals surface area contributed by atoms with Crippen LogP contribution in [-0.4, -0.2) is 30.5 Å². The molecular formula is C16H21N3O4. The fourth-order valence-corrected chi connectivity index (χ4v) is 1.74. The molecule has 3 amide bonds. The molecule has 124 valence electrons. The van der Waals surface area contributed by atoms with Crippen molar-refractivity contribution >= 4 is 17.9 Å². The zero-order valence-corrected chi connectivity index (χ0v) is 12.8. The van der Waals surface area contributed by atoms with Gasteiger partial charge in [-0.05, 0) is 18.4 Å². The summed E-state index contributed by atoms with van der Waals surface area (Å²) in [7, 11) is 0. The van der Waals surface area contributed by atoms with Gasteiger partial charge < -0.3 is 21.1 Å². The van der Waals surface area contributed by atoms with Gasteiger partial charge in [-0.25, -0.2) is 4.79 Å². The molecular weight excluding hydrogens is 298 g/mol. The SMILES string of the molecule is C=CCC[C@@H](NC(=O)CNC(=O)OCc1ccccc1)C(N)=O. The number of nitrogens with two attached hydrogens (primary N) is 1. The molecule has 0 aliphatic heterocycles. The third-order valence-corrected chi connectivity index (χ3v) is 2.94. The Balaban J connectivity index is 2.29. The number of rotatable bonds is 9. The summed E-state index contributed by atoms with van der Waals surface area (Å²) in [5.41, 5.74) is 6.03. The van der Waals surface area contributed by atoms with Crippen molar-refractivity contribution < 1.29 is 19.1 Å². The molecule has 0 aliphatic rings. The van der Waals surface area contributed by atoms with Gasteiger partial charge in [-0.3, -0.25) is 9.59 Å². The standard InChI is InChI=1S/C16H21N3O4/c1-2-3-9-13(15(17)21)19-14(20)10-18-16(22)23-11-12-7-5-4-6-8-12/h2,4-8,13H,1,3,9-11H2,(H2,17,21)(H,18,22)(H,19,20)/t13-/m1/s1. The molecule has 0 saturated heterocycles. The number of primary amides is 1. The molecule has 1 aromatic carbocycles. The van der Waals surface area contributed by atoms with E-state index in [1.807, 2.05) is 30.3 Å². The van der Waals surface area contributed by atoms with Gasteiger partial charge in [0.15, 0.2) is 0 Å². The van der Waals surface area contributed by atoms with Crippen molar-refractivity contribution in [3.05, 3.63) is 48.6 Å². The predicted octanol–water partition coefficient (Wildman–Crippen LogP) is 0.849. The van der Waals surface area contributed by atoms with Crippen molar-refractivity contribution in [1.82, 2.24) is 10.6 Å². The third-order valence-electron chi connectivity index (χ3n) is 2.94. The molecule has 0 bridgehead atoms. The lowest BCUT2D eigenvalue weighted by molar-refractivity contribution is -0.126. The zero-order chi connectivity index (χ0) is 17.1. The monoisotopic (exact) mass is 319 g/mol. The topological polar surface area (TPSA) is 111 Å². The minimum atomic E-state index is -0.789. The van der Waals surface area contributed by atoms with Gasteiger partial charge in [-0.15, -0.1) is 6.58 Å². The van der Waals surface area contributed by atoms with Crippen LogP contribution in [0.25, 0.3) is 0 Å². The van der Waals surface area contributed by atoms with Gasteiger partial charge in [0.2, 0.25) is 11.8 Å². The van der Waals surface area contributed by atoms with Crippen molar-refractivity contribution in [2.45, 2.75) is 25.5 Å². The number of benzene rings is 1. The summed E-state index contributed by atoms with van der Waals surface area (Å²) in [6.07, 6.45) is 1.82. The minimum Gasteiger partial charge on any atom is -0.445 e. The van der Waals surface area contributed by atoms with E-state index >= 15 is 0 Å². The minimum absolute atomic E-state index is 0.109. The molecule has 1 atom stereocenters. The van der Waals surface area contributed by atoms with Crippen LogP contribution in [-0.2, 0) is 20.9 Å². The molecule has 7 nitrogen and oxygen atoms in total. The molecule has 0 aliphatic carbocycles. The Morgan fingerprint density at radius 2 is 1.96 bits per heavy atom. The number of alkyl carbamates (subject to hydrolysis) is 1. The summed E-state index contributed by atoms with van der Waals surface area (Å²) in [5.74, 6) is -1.15. The van der Waals surface area contributed by atoms with Crippen LogP contribution in [0, 0.1) is 0 Å². The van der Waals surface area contributed by atoms with Crippen molar-refractivity contribution in [2.75, 3.05) is 6.54 Å². The van der Waals surface area contributed by atoms with E-state index in [1.54, 1.807) is 6.08 Å². The smallest absolute Gasteiger partial charge is 0.407 e. The molecule has 0 spiro atoms. The second-order valence-corrected chi connectivity index (χ2v) is 4.80. The summed E-state index contributed by atoms with van der Waals surface area (Å²) < 4.78 is 4.96. The quantitative estimate of drug-likeness (QED) is 0.586. The average molecular weight is 319 g/mol. The zero-order valence-electron chi connectivity index (χ0n) is 12.8. The second-order valence-electron chi connectivity index (χ2n) is 4.80. The van der Waals surface area contributed by atoms with Crippen LogP contribution in [0.3, 0.4) is 0 Å². The van der Waals surface area contributed by atoms with Gasteiger partial charge in [0, 0.05) is 0 Å². The molecule has 23 heavy (non-hydrogen) atoms. The summed E-state index contributed by atoms with van der Waals surface area (Å²) in [5, 5.41) is 4.76. The van der Waals surface area contributed by atoms with Crippen LogP contribution in [0.1, 0.15) is 18.4 Å². The van der Waals surface area contributed by atoms with E-state index in [9.17, 15) is 14.4 Å². The van der Waals surface area contributed by atoms with Gasteiger partial charge in [-0.2, -0.15) is 0 Å². The summed E-state index contributed by atoms with van der Waals surface area (Å²) in [6.45, 7) is 3.35. The summed E-state index contributed by atoms with van der Waals surface area (Å²) in [6, 6.07) is 8.36. The first kappa shape index (κ1) is 18.2. The lowest BCUT2D eigenvalue weighted by Crippen LogP contribution is -2.47. The van der Waals surface area contributed by atoms with E-state index in [1.165, 1.54) is 0 Å². The molecule has 0 heterocycles. The number of allylic oxidation sites excluding steroid dienone is 1. The molecule has 0 aromatic heterocycles. The van der Waals surface area contributed by atoms with Gasteiger partial charge in [0.1, 0.15) is 19.2 Å². The van der Waals surface area contributed by atoms with Crippen LogP contribution in [0.5, 0.6) is 0 Å². The van der Waals surface area contributed by atoms with Crippen LogP contribution in [0.4, 0.5) is 4.79 Å². The molecule has 0 unspecified atom stereocenters. The summed E-state index contributed by atoms with van der Waals surface area (Å²) >= 11 is 0. The third kappa shape index (κ3) is 7.66. The van der Waals surface area contributed by atoms with Crippen LogP contribution in [0.15, 0.2) is 43.0 Å². The number of carbonyl (C=O) groups is 3. The van der Waals surface area contributed by atoms with Gasteiger partial charge in [-0.1, -0.05) is 36.4 Å². The molecule has 4 N–H and O–H groups in total. The average Bonchev–Trinajstić information content (AvgIpc) is 2.55. The lowest BCUT2D eigenvalue weighted by atomic mass is 10.1. The van der Waals surface area contributed by atoms with E-state index < -0.39 is 23.9 Å². The number of hydrogen-bond acceptors (Lipinski definition) is 4. The molecule has 1 aromatic rings. The van der Waals surface area contributed by atoms with Gasteiger partial charge in [0.05, 0.1) is 0 Å². The summed E-state index contributed by atoms with van der Waals surface area (Å²) in [4.78, 5) is 34.4. The lowest BCUT2D eigenvalue weighted by Gasteiger charge is -2.14. The Labute approximate surface area is 134 Å². The number of hydrogen-bond donors (Lipinski definition) is 3. The number of nitrogens with one attached hydrogen (secondary N) is 2. The Morgan fingerprint density at radius 1 is 1.26 bits per heavy atom. The molecule has 0 saturated carbocycles. The van der Waals surface area contributed by atoms with Crippen molar-refractivity contribution in [2.24, 2.45) is 5.73 Å². The van der Waals surface area contributed by atoms with E-state index in [0.29, 0.717) is 12.8 Å². The van der Waals surface area contributed by atoms with Crippen molar-refractivity contribution in [1.29, 1.82) is 0 Å². The highest BCUT2D eigenvalue weighted by Crippen LogP contribution is 2.00. The Kier molecular flexibility index (Phi) is 7.91. The molecule has 1 rings (SSSR count). The first-order valence-corrected chi connectivity index (χ1v) is 7.17. The maximum atomic E-state index is 11.7.